The van der Waals surface area contributed by atoms with E-state index in [4.69, 9.17) is 0 Å². The fraction of sp³-hybridized carbons (Fsp3) is 0.211. The van der Waals surface area contributed by atoms with Crippen molar-refractivity contribution in [3.8, 4) is 17.0 Å². The number of carbonyl (C=O) groups excluding carboxylic acids is 1. The predicted molar refractivity (Wildman–Crippen MR) is 106 cm³/mol. The van der Waals surface area contributed by atoms with Crippen LogP contribution in [0.15, 0.2) is 54.2 Å². The smallest absolute Gasteiger partial charge is 0.323 e. The topological polar surface area (TPSA) is 81.6 Å². The molecule has 0 saturated carbocycles. The molecule has 0 radical (unpaired) electrons. The van der Waals surface area contributed by atoms with Crippen molar-refractivity contribution in [2.24, 2.45) is 0 Å². The van der Waals surface area contributed by atoms with Crippen molar-refractivity contribution in [3.05, 3.63) is 54.2 Å². The summed E-state index contributed by atoms with van der Waals surface area (Å²) in [7, 11) is 0. The number of amides is 2. The second-order valence-corrected chi connectivity index (χ2v) is 7.06. The summed E-state index contributed by atoms with van der Waals surface area (Å²) in [4.78, 5) is 25.0. The number of anilines is 2. The number of hydrogen-bond donors (Lipinski definition) is 2. The molecular formula is C19H19N5O2S. The number of phenolic OH excluding ortho intramolecular Hbond substituents is 1. The molecule has 3 heterocycles. The van der Waals surface area contributed by atoms with Gasteiger partial charge in [0.15, 0.2) is 5.13 Å². The van der Waals surface area contributed by atoms with Gasteiger partial charge in [-0.3, -0.25) is 10.3 Å². The lowest BCUT2D eigenvalue weighted by Crippen LogP contribution is -2.50. The van der Waals surface area contributed by atoms with Gasteiger partial charge >= 0.3 is 6.03 Å². The van der Waals surface area contributed by atoms with Gasteiger partial charge in [-0.05, 0) is 24.3 Å². The Hall–Kier alpha value is -3.13. The van der Waals surface area contributed by atoms with Crippen LogP contribution in [0.25, 0.3) is 11.3 Å². The number of hydrogen-bond acceptors (Lipinski definition) is 6. The second kappa shape index (κ2) is 7.63. The maximum atomic E-state index is 12.5. The normalized spacial score (nSPS) is 14.2. The summed E-state index contributed by atoms with van der Waals surface area (Å²) in [6, 6.07) is 10.8. The van der Waals surface area contributed by atoms with Gasteiger partial charge in [-0.1, -0.05) is 6.07 Å². The number of rotatable bonds is 3. The van der Waals surface area contributed by atoms with Gasteiger partial charge in [0.1, 0.15) is 5.75 Å². The lowest BCUT2D eigenvalue weighted by Gasteiger charge is -2.35. The van der Waals surface area contributed by atoms with E-state index in [-0.39, 0.29) is 11.8 Å². The van der Waals surface area contributed by atoms with Crippen molar-refractivity contribution in [2.75, 3.05) is 36.4 Å². The Labute approximate surface area is 160 Å². The van der Waals surface area contributed by atoms with Crippen LogP contribution >= 0.6 is 11.3 Å². The average molecular weight is 381 g/mol. The molecule has 2 N–H and O–H groups in total. The van der Waals surface area contributed by atoms with E-state index in [1.54, 1.807) is 29.4 Å². The Morgan fingerprint density at radius 2 is 2.00 bits per heavy atom. The fourth-order valence-corrected chi connectivity index (χ4v) is 3.72. The fourth-order valence-electron chi connectivity index (χ4n) is 3.01. The molecule has 1 aliphatic heterocycles. The molecule has 3 aromatic rings. The van der Waals surface area contributed by atoms with Crippen LogP contribution in [0.1, 0.15) is 0 Å². The minimum Gasteiger partial charge on any atom is -0.508 e. The summed E-state index contributed by atoms with van der Waals surface area (Å²) >= 11 is 1.40. The number of phenols is 1. The number of pyridine rings is 1. The third-order valence-corrected chi connectivity index (χ3v) is 5.19. The maximum Gasteiger partial charge on any atom is 0.323 e. The number of aromatic nitrogens is 2. The van der Waals surface area contributed by atoms with Gasteiger partial charge in [0.05, 0.1) is 5.69 Å². The lowest BCUT2D eigenvalue weighted by atomic mass is 10.2. The molecule has 1 saturated heterocycles. The molecule has 0 atom stereocenters. The maximum absolute atomic E-state index is 12.5. The third kappa shape index (κ3) is 4.01. The van der Waals surface area contributed by atoms with Gasteiger partial charge < -0.3 is 14.9 Å². The molecular weight excluding hydrogens is 362 g/mol. The van der Waals surface area contributed by atoms with Crippen molar-refractivity contribution in [3.63, 3.8) is 0 Å². The third-order valence-electron chi connectivity index (χ3n) is 4.44. The molecule has 2 amide bonds. The van der Waals surface area contributed by atoms with Gasteiger partial charge in [0, 0.05) is 61.3 Å². The molecule has 2 aromatic heterocycles. The molecule has 0 unspecified atom stereocenters. The van der Waals surface area contributed by atoms with Gasteiger partial charge in [0.2, 0.25) is 0 Å². The highest BCUT2D eigenvalue weighted by molar-refractivity contribution is 7.14. The first-order chi connectivity index (χ1) is 13.2. The van der Waals surface area contributed by atoms with Crippen LogP contribution in [0.5, 0.6) is 5.75 Å². The highest BCUT2D eigenvalue weighted by Crippen LogP contribution is 2.25. The molecule has 27 heavy (non-hydrogen) atoms. The molecule has 1 aliphatic rings. The van der Waals surface area contributed by atoms with Crippen molar-refractivity contribution >= 4 is 28.2 Å². The van der Waals surface area contributed by atoms with Crippen molar-refractivity contribution in [2.45, 2.75) is 0 Å². The molecule has 8 heteroatoms. The van der Waals surface area contributed by atoms with Crippen LogP contribution in [0, 0.1) is 0 Å². The number of thiazole rings is 1. The number of urea groups is 1. The van der Waals surface area contributed by atoms with Crippen LogP contribution in [0.2, 0.25) is 0 Å². The molecule has 1 fully saturated rings. The van der Waals surface area contributed by atoms with Crippen LogP contribution in [0.4, 0.5) is 15.6 Å². The zero-order valence-corrected chi connectivity index (χ0v) is 15.4. The summed E-state index contributed by atoms with van der Waals surface area (Å²) in [6.45, 7) is 2.66. The Balaban J connectivity index is 1.34. The van der Waals surface area contributed by atoms with Crippen molar-refractivity contribution < 1.29 is 9.90 Å². The second-order valence-electron chi connectivity index (χ2n) is 6.20. The van der Waals surface area contributed by atoms with Crippen molar-refractivity contribution in [1.82, 2.24) is 14.9 Å². The number of aromatic hydroxyl groups is 1. The molecule has 7 nitrogen and oxygen atoms in total. The van der Waals surface area contributed by atoms with E-state index in [0.717, 1.165) is 30.0 Å². The van der Waals surface area contributed by atoms with Crippen LogP contribution in [-0.2, 0) is 0 Å². The first kappa shape index (κ1) is 17.3. The largest absolute Gasteiger partial charge is 0.508 e. The lowest BCUT2D eigenvalue weighted by molar-refractivity contribution is 0.208. The van der Waals surface area contributed by atoms with Crippen LogP contribution in [0.3, 0.4) is 0 Å². The first-order valence-electron chi connectivity index (χ1n) is 8.65. The Morgan fingerprint density at radius 3 is 2.74 bits per heavy atom. The van der Waals surface area contributed by atoms with E-state index in [2.05, 4.69) is 20.2 Å². The van der Waals surface area contributed by atoms with E-state index < -0.39 is 0 Å². The summed E-state index contributed by atoms with van der Waals surface area (Å²) in [5.41, 5.74) is 2.70. The summed E-state index contributed by atoms with van der Waals surface area (Å²) < 4.78 is 0. The molecule has 138 valence electrons. The van der Waals surface area contributed by atoms with E-state index in [1.807, 2.05) is 29.6 Å². The zero-order valence-electron chi connectivity index (χ0n) is 14.6. The standard InChI is InChI=1S/C19H19N5O2S/c25-16-5-1-4-15(11-16)23-7-9-24(10-8-23)19(26)22-18-21-17(13-27-18)14-3-2-6-20-12-14/h1-6,11-13,25H,7-10H2,(H,21,22,26). The number of benzene rings is 1. The molecule has 4 rings (SSSR count). The number of carbonyl (C=O) groups is 1. The van der Waals surface area contributed by atoms with Gasteiger partial charge in [-0.2, -0.15) is 0 Å². The molecule has 0 aliphatic carbocycles. The number of piperazine rings is 1. The highest BCUT2D eigenvalue weighted by Gasteiger charge is 2.22. The van der Waals surface area contributed by atoms with Gasteiger partial charge in [0.25, 0.3) is 0 Å². The Kier molecular flexibility index (Phi) is 4.88. The number of nitrogens with zero attached hydrogens (tertiary/aromatic N) is 4. The zero-order chi connectivity index (χ0) is 18.6. The molecule has 1 aromatic carbocycles. The van der Waals surface area contributed by atoms with E-state index in [9.17, 15) is 9.90 Å². The monoisotopic (exact) mass is 381 g/mol. The van der Waals surface area contributed by atoms with Crippen molar-refractivity contribution in [1.29, 1.82) is 0 Å². The Bertz CT molecular complexity index is 923. The highest BCUT2D eigenvalue weighted by atomic mass is 32.1. The minimum atomic E-state index is -0.141. The Morgan fingerprint density at radius 1 is 1.15 bits per heavy atom. The summed E-state index contributed by atoms with van der Waals surface area (Å²) in [5, 5.41) is 15.0. The minimum absolute atomic E-state index is 0.141. The van der Waals surface area contributed by atoms with Crippen LogP contribution < -0.4 is 10.2 Å². The first-order valence-corrected chi connectivity index (χ1v) is 9.53. The van der Waals surface area contributed by atoms with Crippen LogP contribution in [-0.4, -0.2) is 52.2 Å². The van der Waals surface area contributed by atoms with Gasteiger partial charge in [-0.15, -0.1) is 11.3 Å². The SMILES string of the molecule is O=C(Nc1nc(-c2cccnc2)cs1)N1CCN(c2cccc(O)c2)CC1. The molecule has 0 spiro atoms. The number of nitrogens with one attached hydrogen (secondary N) is 1. The average Bonchev–Trinajstić information content (AvgIpc) is 3.17. The molecule has 0 bridgehead atoms. The van der Waals surface area contributed by atoms with E-state index in [0.29, 0.717) is 18.2 Å². The van der Waals surface area contributed by atoms with E-state index >= 15 is 0 Å². The van der Waals surface area contributed by atoms with E-state index in [1.165, 1.54) is 11.3 Å². The van der Waals surface area contributed by atoms with Gasteiger partial charge in [-0.25, -0.2) is 9.78 Å². The summed E-state index contributed by atoms with van der Waals surface area (Å²) in [6.07, 6.45) is 3.47. The predicted octanol–water partition coefficient (Wildman–Crippen LogP) is 3.26. The quantitative estimate of drug-likeness (QED) is 0.728. The summed E-state index contributed by atoms with van der Waals surface area (Å²) in [5.74, 6) is 0.251.